The molecule has 0 radical (unpaired) electrons. The summed E-state index contributed by atoms with van der Waals surface area (Å²) < 4.78 is 0. The lowest BCUT2D eigenvalue weighted by atomic mass is 10.0. The van der Waals surface area contributed by atoms with Gasteiger partial charge in [0.05, 0.1) is 74.1 Å². The molecule has 9 aromatic carbocycles. The van der Waals surface area contributed by atoms with Crippen molar-refractivity contribution in [1.82, 2.24) is 0 Å². The molecule has 11 heteroatoms. The molecule has 0 heterocycles. The highest BCUT2D eigenvalue weighted by molar-refractivity contribution is 6.21. The summed E-state index contributed by atoms with van der Waals surface area (Å²) in [7, 11) is 0. The van der Waals surface area contributed by atoms with E-state index in [4.69, 9.17) is 35.7 Å². The van der Waals surface area contributed by atoms with Crippen LogP contribution in [0, 0.1) is 20.8 Å². The number of aliphatic imine (C=N–C) groups is 6. The van der Waals surface area contributed by atoms with Gasteiger partial charge in [-0.05, 0) is 261 Å². The summed E-state index contributed by atoms with van der Waals surface area (Å²) in [5.41, 5.74) is 35.3. The van der Waals surface area contributed by atoms with E-state index in [1.54, 1.807) is 0 Å². The van der Waals surface area contributed by atoms with Crippen molar-refractivity contribution in [3.8, 4) is 0 Å². The first-order valence-corrected chi connectivity index (χ1v) is 32.4. The molecule has 0 amide bonds. The van der Waals surface area contributed by atoms with Crippen LogP contribution in [0.4, 0.5) is 51.2 Å². The van der Waals surface area contributed by atoms with Gasteiger partial charge in [0, 0.05) is 4.91 Å². The summed E-state index contributed by atoms with van der Waals surface area (Å²) in [6.45, 7) is 12.7. The quantitative estimate of drug-likeness (QED) is 0.0348. The summed E-state index contributed by atoms with van der Waals surface area (Å²) in [6.07, 6.45) is 29.0. The molecule has 0 atom stereocenters. The monoisotopic (exact) mass is 1240 g/mol. The van der Waals surface area contributed by atoms with Crippen LogP contribution >= 0.6 is 0 Å². The van der Waals surface area contributed by atoms with Crippen molar-refractivity contribution in [3.05, 3.63) is 350 Å². The van der Waals surface area contributed by atoms with Gasteiger partial charge in [0.15, 0.2) is 0 Å². The minimum atomic E-state index is 0.522. The molecule has 3 aliphatic rings. The molecule has 3 aliphatic carbocycles. The smallest absolute Gasteiger partial charge is 0.112 e. The first-order valence-electron chi connectivity index (χ1n) is 32.4. The van der Waals surface area contributed by atoms with E-state index in [-0.39, 0.29) is 0 Å². The van der Waals surface area contributed by atoms with E-state index >= 15 is 0 Å². The van der Waals surface area contributed by atoms with Gasteiger partial charge in [-0.1, -0.05) is 170 Å². The summed E-state index contributed by atoms with van der Waals surface area (Å²) in [4.78, 5) is 32.0. The Labute approximate surface area is 558 Å². The molecule has 0 bridgehead atoms. The summed E-state index contributed by atoms with van der Waals surface area (Å²) >= 11 is 0. The fraction of sp³-hybridized carbons (Fsp3) is 0.143. The number of hydrogen-bond donors (Lipinski definition) is 0. The fourth-order valence-corrected chi connectivity index (χ4v) is 10.6. The third-order valence-electron chi connectivity index (χ3n) is 16.2. The number of rotatable bonds is 18. The van der Waals surface area contributed by atoms with Gasteiger partial charge in [0.2, 0.25) is 0 Å². The van der Waals surface area contributed by atoms with Crippen LogP contribution in [-0.4, -0.2) is 34.3 Å². The molecule has 0 N–H and O–H groups in total. The van der Waals surface area contributed by atoms with Crippen LogP contribution in [-0.2, 0) is 38.5 Å². The molecule has 0 spiro atoms. The Hall–Kier alpha value is -11.7. The van der Waals surface area contributed by atoms with Crippen LogP contribution in [0.1, 0.15) is 87.5 Å². The Morgan fingerprint density at radius 3 is 0.747 bits per heavy atom. The highest BCUT2D eigenvalue weighted by Gasteiger charge is 2.13. The fourth-order valence-electron chi connectivity index (χ4n) is 10.6. The lowest BCUT2D eigenvalue weighted by Gasteiger charge is -2.10. The number of hydrogen-bond acceptors (Lipinski definition) is 9. The minimum Gasteiger partial charge on any atom is -0.249 e. The number of benzene rings is 9. The van der Waals surface area contributed by atoms with Crippen LogP contribution in [0.25, 0.3) is 10.4 Å². The van der Waals surface area contributed by atoms with Gasteiger partial charge in [0.1, 0.15) is 11.4 Å². The van der Waals surface area contributed by atoms with Gasteiger partial charge in [-0.3, -0.25) is 0 Å². The van der Waals surface area contributed by atoms with E-state index in [0.717, 1.165) is 118 Å². The zero-order chi connectivity index (χ0) is 65.7. The standard InChI is InChI=1S/C56H50N6.C28H25N5/c1-5-41-11-15-43(16-12-41)35-45-19-33-53(59-51-29-25-49(26-30-51)57-47-21-7-39(3)8-22-47)55(37-45)61-62-56-38-46(36-44-17-13-42(6-2)14-18-44)20-34-54(56)60-52-31-27-50(28-32-52)58-48-23-9-40(4)10-24-48;1-3-21-6-8-22(9-7-21)18-23-10-17-27(28(19-23)32-33-29)31-26-15-13-25(14-16-26)30-24-11-4-20(2)5-12-24/h7-34,37-38H,5-6,35-36H2,1-4H3;4-17,19H,3,18H2,1-2H3. The second kappa shape index (κ2) is 32.1. The van der Waals surface area contributed by atoms with Crippen molar-refractivity contribution in [2.75, 3.05) is 0 Å². The second-order valence-corrected chi connectivity index (χ2v) is 23.6. The number of nitrogens with zero attached hydrogens (tertiary/aromatic N) is 11. The molecule has 0 saturated carbocycles. The molecule has 0 aliphatic heterocycles. The van der Waals surface area contributed by atoms with Crippen molar-refractivity contribution in [2.24, 2.45) is 45.3 Å². The molecule has 12 rings (SSSR count). The highest BCUT2D eigenvalue weighted by Crippen LogP contribution is 2.37. The van der Waals surface area contributed by atoms with Crippen molar-refractivity contribution in [2.45, 2.75) is 80.1 Å². The maximum Gasteiger partial charge on any atom is 0.112 e. The predicted molar refractivity (Wildman–Crippen MR) is 399 cm³/mol. The third kappa shape index (κ3) is 19.0. The Kier molecular flexibility index (Phi) is 21.9. The molecular weight excluding hydrogens is 1160 g/mol. The topological polar surface area (TPSA) is 148 Å². The second-order valence-electron chi connectivity index (χ2n) is 23.6. The molecule has 0 unspecified atom stereocenters. The van der Waals surface area contributed by atoms with Crippen molar-refractivity contribution in [1.29, 1.82) is 0 Å². The normalized spacial score (nSPS) is 13.0. The van der Waals surface area contributed by atoms with Crippen LogP contribution in [0.15, 0.2) is 318 Å². The van der Waals surface area contributed by atoms with Crippen molar-refractivity contribution >= 4 is 85.5 Å². The minimum absolute atomic E-state index is 0.522. The Morgan fingerprint density at radius 1 is 0.253 bits per heavy atom. The maximum atomic E-state index is 9.05. The van der Waals surface area contributed by atoms with Crippen LogP contribution in [0.5, 0.6) is 0 Å². The van der Waals surface area contributed by atoms with Crippen molar-refractivity contribution in [3.63, 3.8) is 0 Å². The van der Waals surface area contributed by atoms with E-state index in [1.807, 2.05) is 152 Å². The maximum absolute atomic E-state index is 9.05. The van der Waals surface area contributed by atoms with Gasteiger partial charge < -0.3 is 0 Å². The van der Waals surface area contributed by atoms with Gasteiger partial charge in [-0.2, -0.15) is 0 Å². The van der Waals surface area contributed by atoms with E-state index in [0.29, 0.717) is 22.7 Å². The molecule has 0 fully saturated rings. The van der Waals surface area contributed by atoms with E-state index in [1.165, 1.54) is 50.1 Å². The van der Waals surface area contributed by atoms with Crippen LogP contribution in [0.3, 0.4) is 0 Å². The summed E-state index contributed by atoms with van der Waals surface area (Å²) in [5.74, 6) is 0. The average molecular weight is 1240 g/mol. The van der Waals surface area contributed by atoms with Gasteiger partial charge in [-0.15, -0.1) is 10.2 Å². The zero-order valence-electron chi connectivity index (χ0n) is 54.6. The molecular formula is C84H75N11. The number of aryl methyl sites for hydroxylation is 6. The number of azo groups is 1. The van der Waals surface area contributed by atoms with Gasteiger partial charge >= 0.3 is 0 Å². The van der Waals surface area contributed by atoms with E-state index in [2.05, 4.69) is 183 Å². The van der Waals surface area contributed by atoms with Crippen LogP contribution in [0.2, 0.25) is 0 Å². The summed E-state index contributed by atoms with van der Waals surface area (Å²) in [6, 6.07) is 69.1. The Bertz CT molecular complexity index is 4440. The Balaban J connectivity index is 0.000000234. The number of allylic oxidation sites excluding steroid dienone is 12. The van der Waals surface area contributed by atoms with Crippen LogP contribution < -0.4 is 0 Å². The molecule has 11 nitrogen and oxygen atoms in total. The van der Waals surface area contributed by atoms with E-state index < -0.39 is 0 Å². The molecule has 95 heavy (non-hydrogen) atoms. The SMILES string of the molecule is CCc1ccc(Cc2ccc(N=C3C=CC(=Nc4ccc(C)cc4)C=C3)c(N=Nc3cc(Cc4ccc(CC)cc4)ccc3N=C3C=CC(=Nc4ccc(C)cc4)C=C3)c2)cc1.CCc1ccc(Cc2ccc(N=C3C=CC(=Nc4ccc(C)cc4)C=C3)c(N=[N+]=[N-])c2)cc1. The number of azide groups is 1. The summed E-state index contributed by atoms with van der Waals surface area (Å²) in [5, 5.41) is 13.8. The highest BCUT2D eigenvalue weighted by atomic mass is 15.1. The lowest BCUT2D eigenvalue weighted by molar-refractivity contribution is 1.11. The molecule has 466 valence electrons. The third-order valence-corrected chi connectivity index (χ3v) is 16.2. The van der Waals surface area contributed by atoms with Gasteiger partial charge in [-0.25, -0.2) is 30.0 Å². The first kappa shape index (κ1) is 64.9. The van der Waals surface area contributed by atoms with Gasteiger partial charge in [0.25, 0.3) is 0 Å². The lowest BCUT2D eigenvalue weighted by Crippen LogP contribution is -1.99. The average Bonchev–Trinajstić information content (AvgIpc) is 0.985. The van der Waals surface area contributed by atoms with Crippen molar-refractivity contribution < 1.29 is 0 Å². The predicted octanol–water partition coefficient (Wildman–Crippen LogP) is 23.0. The van der Waals surface area contributed by atoms with E-state index in [9.17, 15) is 0 Å². The first-order chi connectivity index (χ1) is 46.5. The zero-order valence-corrected chi connectivity index (χ0v) is 54.6. The molecule has 9 aromatic rings. The Morgan fingerprint density at radius 2 is 0.484 bits per heavy atom. The molecule has 0 aromatic heterocycles. The largest absolute Gasteiger partial charge is 0.249 e. The molecule has 0 saturated heterocycles.